The Morgan fingerprint density at radius 1 is 1.33 bits per heavy atom. The van der Waals surface area contributed by atoms with Crippen LogP contribution >= 0.6 is 11.8 Å². The molecule has 0 aliphatic carbocycles. The van der Waals surface area contributed by atoms with Crippen LogP contribution in [0.4, 0.5) is 13.2 Å². The standard InChI is InChI=1S/C10H14F3NO3S/c1-2-7(10(17)14-5-8(15)16)18-4-3-6(11)9(12)13/h7H,2-5H2,1H3,(H,14,17)(H,15,16). The molecular formula is C10H14F3NO3S. The van der Waals surface area contributed by atoms with E-state index in [0.29, 0.717) is 6.42 Å². The fraction of sp³-hybridized carbons (Fsp3) is 0.600. The maximum atomic E-state index is 12.5. The van der Waals surface area contributed by atoms with Crippen LogP contribution in [0.3, 0.4) is 0 Å². The van der Waals surface area contributed by atoms with Crippen molar-refractivity contribution in [1.82, 2.24) is 5.32 Å². The quantitative estimate of drug-likeness (QED) is 0.717. The average molecular weight is 285 g/mol. The van der Waals surface area contributed by atoms with E-state index in [9.17, 15) is 22.8 Å². The first-order valence-electron chi connectivity index (χ1n) is 5.19. The smallest absolute Gasteiger partial charge is 0.322 e. The molecular weight excluding hydrogens is 271 g/mol. The molecule has 0 aromatic carbocycles. The number of hydrogen-bond donors (Lipinski definition) is 2. The van der Waals surface area contributed by atoms with E-state index in [4.69, 9.17) is 5.11 Å². The van der Waals surface area contributed by atoms with Crippen LogP contribution in [-0.4, -0.2) is 34.5 Å². The molecule has 1 unspecified atom stereocenters. The van der Waals surface area contributed by atoms with Crippen molar-refractivity contribution < 1.29 is 27.9 Å². The Morgan fingerprint density at radius 3 is 2.39 bits per heavy atom. The number of thioether (sulfide) groups is 1. The Kier molecular flexibility index (Phi) is 8.27. The minimum atomic E-state index is -2.35. The summed E-state index contributed by atoms with van der Waals surface area (Å²) in [4.78, 5) is 21.7. The van der Waals surface area contributed by atoms with Gasteiger partial charge in [0.2, 0.25) is 5.91 Å². The Bertz CT molecular complexity index is 332. The highest BCUT2D eigenvalue weighted by Crippen LogP contribution is 2.20. The van der Waals surface area contributed by atoms with Crippen molar-refractivity contribution in [3.8, 4) is 0 Å². The zero-order chi connectivity index (χ0) is 14.1. The third kappa shape index (κ3) is 7.21. The van der Waals surface area contributed by atoms with Gasteiger partial charge >= 0.3 is 12.0 Å². The number of nitrogens with one attached hydrogen (secondary N) is 1. The number of amides is 1. The SMILES string of the molecule is CCC(SCCC(F)=C(F)F)C(=O)NCC(=O)O. The van der Waals surface area contributed by atoms with Crippen molar-refractivity contribution in [3.63, 3.8) is 0 Å². The topological polar surface area (TPSA) is 66.4 Å². The Hall–Kier alpha value is -1.18. The lowest BCUT2D eigenvalue weighted by Gasteiger charge is -2.13. The fourth-order valence-electron chi connectivity index (χ4n) is 1.04. The number of carbonyl (C=O) groups is 2. The van der Waals surface area contributed by atoms with Crippen molar-refractivity contribution >= 4 is 23.6 Å². The van der Waals surface area contributed by atoms with Gasteiger partial charge in [0, 0.05) is 12.2 Å². The molecule has 0 fully saturated rings. The molecule has 4 nitrogen and oxygen atoms in total. The fourth-order valence-corrected chi connectivity index (χ4v) is 2.09. The van der Waals surface area contributed by atoms with Crippen LogP contribution in [-0.2, 0) is 9.59 Å². The maximum absolute atomic E-state index is 12.5. The summed E-state index contributed by atoms with van der Waals surface area (Å²) < 4.78 is 36.0. The van der Waals surface area contributed by atoms with Gasteiger partial charge in [0.15, 0.2) is 5.83 Å². The van der Waals surface area contributed by atoms with Gasteiger partial charge in [-0.25, -0.2) is 4.39 Å². The number of carboxylic acid groups (broad SMARTS) is 1. The molecule has 8 heteroatoms. The van der Waals surface area contributed by atoms with Crippen molar-refractivity contribution in [3.05, 3.63) is 11.9 Å². The summed E-state index contributed by atoms with van der Waals surface area (Å²) >= 11 is 1.01. The molecule has 104 valence electrons. The number of aliphatic carboxylic acids is 1. The second kappa shape index (κ2) is 8.84. The first-order valence-corrected chi connectivity index (χ1v) is 6.24. The van der Waals surface area contributed by atoms with Gasteiger partial charge in [-0.05, 0) is 6.42 Å². The second-order valence-corrected chi connectivity index (χ2v) is 4.61. The molecule has 18 heavy (non-hydrogen) atoms. The van der Waals surface area contributed by atoms with E-state index in [0.717, 1.165) is 11.8 Å². The number of hydrogen-bond acceptors (Lipinski definition) is 3. The molecule has 0 rings (SSSR count). The van der Waals surface area contributed by atoms with Crippen molar-refractivity contribution in [2.75, 3.05) is 12.3 Å². The lowest BCUT2D eigenvalue weighted by Crippen LogP contribution is -2.36. The second-order valence-electron chi connectivity index (χ2n) is 3.29. The monoisotopic (exact) mass is 285 g/mol. The van der Waals surface area contributed by atoms with Crippen LogP contribution < -0.4 is 5.32 Å². The minimum absolute atomic E-state index is 0.0299. The lowest BCUT2D eigenvalue weighted by molar-refractivity contribution is -0.137. The summed E-state index contributed by atoms with van der Waals surface area (Å²) in [5.74, 6) is -3.11. The highest BCUT2D eigenvalue weighted by Gasteiger charge is 2.17. The van der Waals surface area contributed by atoms with E-state index in [-0.39, 0.29) is 5.75 Å². The summed E-state index contributed by atoms with van der Waals surface area (Å²) in [5, 5.41) is 9.98. The summed E-state index contributed by atoms with van der Waals surface area (Å²) in [6.07, 6.45) is -2.39. The molecule has 1 atom stereocenters. The molecule has 0 heterocycles. The van der Waals surface area contributed by atoms with Crippen molar-refractivity contribution in [2.45, 2.75) is 25.0 Å². The molecule has 2 N–H and O–H groups in total. The maximum Gasteiger partial charge on any atom is 0.322 e. The van der Waals surface area contributed by atoms with Crippen molar-refractivity contribution in [2.24, 2.45) is 0 Å². The summed E-state index contributed by atoms with van der Waals surface area (Å²) in [6.45, 7) is 1.20. The molecule has 0 saturated carbocycles. The summed E-state index contributed by atoms with van der Waals surface area (Å²) in [6, 6.07) is 0. The molecule has 0 radical (unpaired) electrons. The first-order chi connectivity index (χ1) is 8.38. The highest BCUT2D eigenvalue weighted by molar-refractivity contribution is 8.00. The van der Waals surface area contributed by atoms with Crippen LogP contribution in [0.25, 0.3) is 0 Å². The third-order valence-corrected chi connectivity index (χ3v) is 3.31. The van der Waals surface area contributed by atoms with Gasteiger partial charge in [0.1, 0.15) is 6.54 Å². The van der Waals surface area contributed by atoms with Gasteiger partial charge in [-0.2, -0.15) is 8.78 Å². The zero-order valence-corrected chi connectivity index (χ0v) is 10.5. The number of allylic oxidation sites excluding steroid dienone is 1. The predicted molar refractivity (Wildman–Crippen MR) is 62.1 cm³/mol. The van der Waals surface area contributed by atoms with E-state index in [2.05, 4.69) is 5.32 Å². The van der Waals surface area contributed by atoms with E-state index in [1.54, 1.807) is 6.92 Å². The van der Waals surface area contributed by atoms with Gasteiger partial charge in [0.05, 0.1) is 5.25 Å². The molecule has 0 aliphatic rings. The van der Waals surface area contributed by atoms with E-state index < -0.39 is 42.0 Å². The number of carbonyl (C=O) groups excluding carboxylic acids is 1. The molecule has 1 amide bonds. The molecule has 0 bridgehead atoms. The van der Waals surface area contributed by atoms with Crippen LogP contribution in [0.2, 0.25) is 0 Å². The Labute approximate surface area is 107 Å². The van der Waals surface area contributed by atoms with E-state index >= 15 is 0 Å². The van der Waals surface area contributed by atoms with Crippen LogP contribution in [0.1, 0.15) is 19.8 Å². The average Bonchev–Trinajstić information content (AvgIpc) is 2.31. The zero-order valence-electron chi connectivity index (χ0n) is 9.71. The molecule has 0 aromatic rings. The first kappa shape index (κ1) is 16.8. The molecule has 0 saturated heterocycles. The third-order valence-electron chi connectivity index (χ3n) is 1.92. The van der Waals surface area contributed by atoms with E-state index in [1.807, 2.05) is 0 Å². The van der Waals surface area contributed by atoms with Gasteiger partial charge in [0.25, 0.3) is 0 Å². The number of halogens is 3. The van der Waals surface area contributed by atoms with Gasteiger partial charge < -0.3 is 10.4 Å². The summed E-state index contributed by atoms with van der Waals surface area (Å²) in [5.41, 5.74) is 0. The molecule has 0 spiro atoms. The van der Waals surface area contributed by atoms with Gasteiger partial charge in [-0.3, -0.25) is 9.59 Å². The highest BCUT2D eigenvalue weighted by atomic mass is 32.2. The van der Waals surface area contributed by atoms with Crippen LogP contribution in [0, 0.1) is 0 Å². The predicted octanol–water partition coefficient (Wildman–Crippen LogP) is 2.17. The lowest BCUT2D eigenvalue weighted by atomic mass is 10.3. The number of carboxylic acids is 1. The Morgan fingerprint density at radius 2 is 1.94 bits per heavy atom. The number of rotatable bonds is 8. The van der Waals surface area contributed by atoms with Gasteiger partial charge in [-0.1, -0.05) is 6.92 Å². The van der Waals surface area contributed by atoms with Crippen molar-refractivity contribution in [1.29, 1.82) is 0 Å². The van der Waals surface area contributed by atoms with Gasteiger partial charge in [-0.15, -0.1) is 11.8 Å². The van der Waals surface area contributed by atoms with E-state index in [1.165, 1.54) is 0 Å². The van der Waals surface area contributed by atoms with Crippen LogP contribution in [0.5, 0.6) is 0 Å². The largest absolute Gasteiger partial charge is 0.480 e. The molecule has 0 aliphatic heterocycles. The normalized spacial score (nSPS) is 11.8. The summed E-state index contributed by atoms with van der Waals surface area (Å²) in [7, 11) is 0. The minimum Gasteiger partial charge on any atom is -0.480 e. The van der Waals surface area contributed by atoms with Crippen LogP contribution in [0.15, 0.2) is 11.9 Å². The Balaban J connectivity index is 4.07. The molecule has 0 aromatic heterocycles.